The second-order valence-corrected chi connectivity index (χ2v) is 11.4. The minimum atomic E-state index is -0.0150. The molecule has 0 N–H and O–H groups in total. The number of rotatable bonds is 15. The molecule has 0 aliphatic carbocycles. The van der Waals surface area contributed by atoms with Gasteiger partial charge in [0.05, 0.1) is 14.2 Å². The minimum absolute atomic E-state index is 0.00602. The first-order valence-electron chi connectivity index (χ1n) is 14.6. The van der Waals surface area contributed by atoms with Crippen molar-refractivity contribution in [2.24, 2.45) is 11.8 Å². The van der Waals surface area contributed by atoms with Gasteiger partial charge in [0.15, 0.2) is 11.5 Å². The molecule has 3 atom stereocenters. The van der Waals surface area contributed by atoms with Crippen molar-refractivity contribution < 1.29 is 19.0 Å². The number of unbranched alkanes of at least 4 members (excludes halogenated alkanes) is 8. The third-order valence-electron chi connectivity index (χ3n) is 8.11. The van der Waals surface area contributed by atoms with Crippen molar-refractivity contribution in [1.82, 2.24) is 4.90 Å². The summed E-state index contributed by atoms with van der Waals surface area (Å²) in [7, 11) is 3.39. The van der Waals surface area contributed by atoms with Crippen molar-refractivity contribution in [2.75, 3.05) is 27.3 Å². The van der Waals surface area contributed by atoms with Crippen LogP contribution in [0.15, 0.2) is 12.1 Å². The summed E-state index contributed by atoms with van der Waals surface area (Å²) in [5.74, 6) is 2.55. The Morgan fingerprint density at radius 3 is 2.25 bits per heavy atom. The second-order valence-electron chi connectivity index (χ2n) is 11.4. The van der Waals surface area contributed by atoms with Gasteiger partial charge in [-0.05, 0) is 48.4 Å². The molecule has 1 aromatic rings. The maximum Gasteiger partial charge on any atom is 0.306 e. The Hall–Kier alpha value is -1.75. The highest BCUT2D eigenvalue weighted by Gasteiger charge is 2.41. The van der Waals surface area contributed by atoms with Gasteiger partial charge in [0.2, 0.25) is 0 Å². The predicted molar refractivity (Wildman–Crippen MR) is 147 cm³/mol. The van der Waals surface area contributed by atoms with Crippen molar-refractivity contribution >= 4 is 5.97 Å². The molecule has 2 aliphatic rings. The van der Waals surface area contributed by atoms with Gasteiger partial charge in [-0.2, -0.15) is 0 Å². The van der Waals surface area contributed by atoms with E-state index in [-0.39, 0.29) is 18.1 Å². The molecule has 1 saturated heterocycles. The lowest BCUT2D eigenvalue weighted by molar-refractivity contribution is -0.157. The van der Waals surface area contributed by atoms with E-state index in [4.69, 9.17) is 14.2 Å². The fraction of sp³-hybridized carbons (Fsp3) is 0.774. The van der Waals surface area contributed by atoms with E-state index in [1.807, 2.05) is 0 Å². The van der Waals surface area contributed by atoms with Gasteiger partial charge in [-0.3, -0.25) is 9.69 Å². The number of nitrogens with zero attached hydrogens (tertiary/aromatic N) is 1. The SMILES string of the molecule is CCCCCCCCCCCC(=O)O[C@@H]1C[C@@H]2c3cc(OC)c(OC)cc3CCN2C[C@H]1CC(C)C. The fourth-order valence-corrected chi connectivity index (χ4v) is 6.19. The zero-order valence-electron chi connectivity index (χ0n) is 23.7. The number of hydrogen-bond acceptors (Lipinski definition) is 5. The van der Waals surface area contributed by atoms with Crippen LogP contribution < -0.4 is 9.47 Å². The van der Waals surface area contributed by atoms with E-state index in [1.54, 1.807) is 14.2 Å². The van der Waals surface area contributed by atoms with Crippen LogP contribution in [-0.4, -0.2) is 44.3 Å². The van der Waals surface area contributed by atoms with Crippen LogP contribution in [0.4, 0.5) is 0 Å². The molecule has 3 rings (SSSR count). The number of methoxy groups -OCH3 is 2. The van der Waals surface area contributed by atoms with Gasteiger partial charge in [-0.15, -0.1) is 0 Å². The Bertz CT molecular complexity index is 808. The van der Waals surface area contributed by atoms with Crippen molar-refractivity contribution in [2.45, 2.75) is 116 Å². The highest BCUT2D eigenvalue weighted by Crippen LogP contribution is 2.44. The molecule has 36 heavy (non-hydrogen) atoms. The summed E-state index contributed by atoms with van der Waals surface area (Å²) >= 11 is 0. The summed E-state index contributed by atoms with van der Waals surface area (Å²) in [5.41, 5.74) is 2.64. The number of benzene rings is 1. The summed E-state index contributed by atoms with van der Waals surface area (Å²) in [6.07, 6.45) is 14.8. The summed E-state index contributed by atoms with van der Waals surface area (Å²) in [6.45, 7) is 8.84. The van der Waals surface area contributed by atoms with Crippen LogP contribution in [0.5, 0.6) is 11.5 Å². The van der Waals surface area contributed by atoms with E-state index < -0.39 is 0 Å². The van der Waals surface area contributed by atoms with Crippen LogP contribution in [0.2, 0.25) is 0 Å². The zero-order valence-corrected chi connectivity index (χ0v) is 23.7. The number of piperidine rings is 1. The van der Waals surface area contributed by atoms with Crippen molar-refractivity contribution in [3.8, 4) is 11.5 Å². The lowest BCUT2D eigenvalue weighted by Gasteiger charge is -2.47. The third-order valence-corrected chi connectivity index (χ3v) is 8.11. The van der Waals surface area contributed by atoms with E-state index in [1.165, 1.54) is 56.1 Å². The molecule has 1 aromatic carbocycles. The third kappa shape index (κ3) is 8.13. The largest absolute Gasteiger partial charge is 0.493 e. The lowest BCUT2D eigenvalue weighted by Crippen LogP contribution is -2.49. The molecule has 1 fully saturated rings. The molecule has 0 radical (unpaired) electrons. The molecule has 0 bridgehead atoms. The van der Waals surface area contributed by atoms with E-state index in [2.05, 4.69) is 37.8 Å². The lowest BCUT2D eigenvalue weighted by atomic mass is 9.79. The summed E-state index contributed by atoms with van der Waals surface area (Å²) in [6, 6.07) is 4.55. The summed E-state index contributed by atoms with van der Waals surface area (Å²) in [4.78, 5) is 15.5. The number of hydrogen-bond donors (Lipinski definition) is 0. The Morgan fingerprint density at radius 1 is 0.972 bits per heavy atom. The average molecular weight is 502 g/mol. The van der Waals surface area contributed by atoms with Crippen LogP contribution >= 0.6 is 0 Å². The Morgan fingerprint density at radius 2 is 1.61 bits per heavy atom. The van der Waals surface area contributed by atoms with E-state index in [9.17, 15) is 4.79 Å². The molecular weight excluding hydrogens is 450 g/mol. The molecule has 0 unspecified atom stereocenters. The maximum absolute atomic E-state index is 12.9. The average Bonchev–Trinajstić information content (AvgIpc) is 2.86. The van der Waals surface area contributed by atoms with Gasteiger partial charge in [-0.1, -0.05) is 72.1 Å². The van der Waals surface area contributed by atoms with Crippen LogP contribution in [0.3, 0.4) is 0 Å². The first kappa shape index (κ1) is 28.8. The molecule has 0 saturated carbocycles. The highest BCUT2D eigenvalue weighted by molar-refractivity contribution is 5.69. The first-order valence-corrected chi connectivity index (χ1v) is 14.6. The molecule has 2 aliphatic heterocycles. The van der Waals surface area contributed by atoms with Gasteiger partial charge >= 0.3 is 5.97 Å². The van der Waals surface area contributed by atoms with Crippen LogP contribution in [0.1, 0.15) is 115 Å². The number of esters is 1. The van der Waals surface area contributed by atoms with Crippen molar-refractivity contribution in [3.63, 3.8) is 0 Å². The number of carbonyl (C=O) groups is 1. The fourth-order valence-electron chi connectivity index (χ4n) is 6.19. The molecule has 0 aromatic heterocycles. The molecule has 5 heteroatoms. The van der Waals surface area contributed by atoms with Gasteiger partial charge in [0.1, 0.15) is 6.10 Å². The van der Waals surface area contributed by atoms with Crippen LogP contribution in [0.25, 0.3) is 0 Å². The molecule has 0 amide bonds. The standard InChI is InChI=1S/C31H51NO4/c1-6-7-8-9-10-11-12-13-14-15-31(33)36-28-21-27-26-20-30(35-5)29(34-4)19-24(26)16-17-32(27)22-25(28)18-23(2)3/h19-20,23,25,27-28H,6-18,21-22H2,1-5H3/t25-,27-,28-/m1/s1. The number of carbonyl (C=O) groups excluding carboxylic acids is 1. The smallest absolute Gasteiger partial charge is 0.306 e. The first-order chi connectivity index (χ1) is 17.5. The number of fused-ring (bicyclic) bond motifs is 3. The van der Waals surface area contributed by atoms with E-state index in [0.717, 1.165) is 56.7 Å². The topological polar surface area (TPSA) is 48.0 Å². The van der Waals surface area contributed by atoms with Crippen LogP contribution in [0, 0.1) is 11.8 Å². The monoisotopic (exact) mass is 501 g/mol. The zero-order chi connectivity index (χ0) is 25.9. The van der Waals surface area contributed by atoms with Gasteiger partial charge in [0, 0.05) is 37.9 Å². The van der Waals surface area contributed by atoms with Gasteiger partial charge in [-0.25, -0.2) is 0 Å². The molecule has 0 spiro atoms. The van der Waals surface area contributed by atoms with E-state index >= 15 is 0 Å². The molecular formula is C31H51NO4. The Labute approximate surface area is 220 Å². The Kier molecular flexibility index (Phi) is 11.9. The molecule has 5 nitrogen and oxygen atoms in total. The Balaban J connectivity index is 1.56. The normalized spacial score (nSPS) is 21.7. The second kappa shape index (κ2) is 14.9. The minimum Gasteiger partial charge on any atom is -0.493 e. The number of ether oxygens (including phenoxy) is 3. The maximum atomic E-state index is 12.9. The summed E-state index contributed by atoms with van der Waals surface area (Å²) in [5, 5.41) is 0. The van der Waals surface area contributed by atoms with Gasteiger partial charge < -0.3 is 14.2 Å². The van der Waals surface area contributed by atoms with E-state index in [0.29, 0.717) is 18.3 Å². The molecule has 204 valence electrons. The summed E-state index contributed by atoms with van der Waals surface area (Å²) < 4.78 is 17.4. The van der Waals surface area contributed by atoms with Gasteiger partial charge in [0.25, 0.3) is 0 Å². The van der Waals surface area contributed by atoms with Crippen LogP contribution in [-0.2, 0) is 16.0 Å². The highest BCUT2D eigenvalue weighted by atomic mass is 16.5. The predicted octanol–water partition coefficient (Wildman–Crippen LogP) is 7.50. The quantitative estimate of drug-likeness (QED) is 0.184. The van der Waals surface area contributed by atoms with Crippen molar-refractivity contribution in [1.29, 1.82) is 0 Å². The molecule has 2 heterocycles. The van der Waals surface area contributed by atoms with Crippen molar-refractivity contribution in [3.05, 3.63) is 23.3 Å².